The second-order valence-electron chi connectivity index (χ2n) is 5.40. The topological polar surface area (TPSA) is 12.0 Å². The minimum atomic E-state index is 0.868. The molecule has 14 heavy (non-hydrogen) atoms. The lowest BCUT2D eigenvalue weighted by atomic mass is 9.93. The van der Waals surface area contributed by atoms with Crippen LogP contribution in [0.1, 0.15) is 52.4 Å². The van der Waals surface area contributed by atoms with Gasteiger partial charge in [-0.15, -0.1) is 0 Å². The quantitative estimate of drug-likeness (QED) is 0.710. The van der Waals surface area contributed by atoms with Crippen LogP contribution in [0.2, 0.25) is 0 Å². The zero-order valence-electron chi connectivity index (χ0n) is 9.76. The van der Waals surface area contributed by atoms with Gasteiger partial charge < -0.3 is 5.32 Å². The van der Waals surface area contributed by atoms with Gasteiger partial charge in [-0.3, -0.25) is 0 Å². The summed E-state index contributed by atoms with van der Waals surface area (Å²) >= 11 is 0. The van der Waals surface area contributed by atoms with Crippen LogP contribution >= 0.6 is 0 Å². The minimum absolute atomic E-state index is 0.868. The second-order valence-corrected chi connectivity index (χ2v) is 5.40. The van der Waals surface area contributed by atoms with E-state index in [0.29, 0.717) is 0 Å². The Labute approximate surface area is 88.7 Å². The molecule has 0 spiro atoms. The lowest BCUT2D eigenvalue weighted by Gasteiger charge is -2.25. The summed E-state index contributed by atoms with van der Waals surface area (Å²) < 4.78 is 0. The fourth-order valence-corrected chi connectivity index (χ4v) is 3.15. The lowest BCUT2D eigenvalue weighted by molar-refractivity contribution is 0.316. The van der Waals surface area contributed by atoms with Gasteiger partial charge in [0.15, 0.2) is 0 Å². The molecule has 0 bridgehead atoms. The third kappa shape index (κ3) is 2.31. The maximum Gasteiger partial charge on any atom is 0.0126 e. The van der Waals surface area contributed by atoms with Crippen LogP contribution in [0.15, 0.2) is 0 Å². The molecule has 2 aliphatic rings. The molecule has 0 saturated heterocycles. The van der Waals surface area contributed by atoms with E-state index in [0.717, 1.165) is 23.8 Å². The Balaban J connectivity index is 1.84. The molecule has 0 heterocycles. The van der Waals surface area contributed by atoms with Gasteiger partial charge in [0.2, 0.25) is 0 Å². The van der Waals surface area contributed by atoms with Gasteiger partial charge >= 0.3 is 0 Å². The zero-order chi connectivity index (χ0) is 9.97. The largest absolute Gasteiger partial charge is 0.313 e. The van der Waals surface area contributed by atoms with Crippen molar-refractivity contribution in [2.24, 2.45) is 17.8 Å². The average Bonchev–Trinajstić information content (AvgIpc) is 2.71. The molecule has 3 unspecified atom stereocenters. The first-order chi connectivity index (χ1) is 6.83. The van der Waals surface area contributed by atoms with E-state index < -0.39 is 0 Å². The van der Waals surface area contributed by atoms with E-state index in [-0.39, 0.29) is 0 Å². The van der Waals surface area contributed by atoms with Crippen molar-refractivity contribution in [3.8, 4) is 0 Å². The van der Waals surface area contributed by atoms with Crippen molar-refractivity contribution in [3.05, 3.63) is 0 Å². The first-order valence-electron chi connectivity index (χ1n) is 6.56. The van der Waals surface area contributed by atoms with E-state index in [1.54, 1.807) is 0 Å². The molecule has 0 aliphatic heterocycles. The molecule has 0 radical (unpaired) electrons. The molecule has 1 nitrogen and oxygen atoms in total. The van der Waals surface area contributed by atoms with Crippen LogP contribution in [0.5, 0.6) is 0 Å². The normalized spacial score (nSPS) is 34.7. The molecule has 2 saturated carbocycles. The monoisotopic (exact) mass is 195 g/mol. The minimum Gasteiger partial charge on any atom is -0.313 e. The Kier molecular flexibility index (Phi) is 3.48. The predicted molar refractivity (Wildman–Crippen MR) is 61.3 cm³/mol. The molecule has 1 N–H and O–H groups in total. The molecule has 1 heteroatoms. The molecule has 3 atom stereocenters. The van der Waals surface area contributed by atoms with Crippen molar-refractivity contribution in [1.82, 2.24) is 5.32 Å². The summed E-state index contributed by atoms with van der Waals surface area (Å²) in [7, 11) is 0. The maximum absolute atomic E-state index is 3.80. The van der Waals surface area contributed by atoms with Crippen LogP contribution in [-0.4, -0.2) is 12.6 Å². The van der Waals surface area contributed by atoms with Gasteiger partial charge in [0.05, 0.1) is 0 Å². The smallest absolute Gasteiger partial charge is 0.0126 e. The fourth-order valence-electron chi connectivity index (χ4n) is 3.15. The van der Waals surface area contributed by atoms with Crippen LogP contribution in [-0.2, 0) is 0 Å². The van der Waals surface area contributed by atoms with Gasteiger partial charge in [-0.2, -0.15) is 0 Å². The highest BCUT2D eigenvalue weighted by atomic mass is 14.9. The van der Waals surface area contributed by atoms with Gasteiger partial charge in [0, 0.05) is 6.04 Å². The molecular formula is C13H25N. The summed E-state index contributed by atoms with van der Waals surface area (Å²) in [5, 5.41) is 3.80. The van der Waals surface area contributed by atoms with Crippen LogP contribution in [0.25, 0.3) is 0 Å². The standard InChI is InChI=1S/C13H25N/c1-3-8-14-13(12-9-10(12)2)11-6-4-5-7-11/h10-14H,3-9H2,1-2H3. The molecule has 0 aromatic carbocycles. The van der Waals surface area contributed by atoms with Gasteiger partial charge in [-0.05, 0) is 50.0 Å². The molecule has 0 aromatic rings. The molecule has 0 amide bonds. The summed E-state index contributed by atoms with van der Waals surface area (Å²) in [5.41, 5.74) is 0. The molecule has 0 aromatic heterocycles. The second kappa shape index (κ2) is 4.65. The highest BCUT2D eigenvalue weighted by molar-refractivity contribution is 4.96. The lowest BCUT2D eigenvalue weighted by Crippen LogP contribution is -2.38. The van der Waals surface area contributed by atoms with E-state index in [9.17, 15) is 0 Å². The van der Waals surface area contributed by atoms with E-state index in [1.807, 2.05) is 0 Å². The van der Waals surface area contributed by atoms with Crippen LogP contribution in [0.4, 0.5) is 0 Å². The Hall–Kier alpha value is -0.0400. The average molecular weight is 195 g/mol. The van der Waals surface area contributed by atoms with Crippen molar-refractivity contribution in [1.29, 1.82) is 0 Å². The van der Waals surface area contributed by atoms with Gasteiger partial charge in [0.1, 0.15) is 0 Å². The highest BCUT2D eigenvalue weighted by Crippen LogP contribution is 2.45. The Morgan fingerprint density at radius 1 is 1.29 bits per heavy atom. The Morgan fingerprint density at radius 3 is 2.43 bits per heavy atom. The van der Waals surface area contributed by atoms with Crippen molar-refractivity contribution >= 4 is 0 Å². The van der Waals surface area contributed by atoms with Crippen LogP contribution < -0.4 is 5.32 Å². The Bertz CT molecular complexity index is 172. The number of hydrogen-bond acceptors (Lipinski definition) is 1. The molecule has 2 fully saturated rings. The van der Waals surface area contributed by atoms with E-state index >= 15 is 0 Å². The molecule has 2 aliphatic carbocycles. The molecule has 82 valence electrons. The summed E-state index contributed by atoms with van der Waals surface area (Å²) in [5.74, 6) is 3.03. The van der Waals surface area contributed by atoms with Gasteiger partial charge in [0.25, 0.3) is 0 Å². The number of nitrogens with one attached hydrogen (secondary N) is 1. The summed E-state index contributed by atoms with van der Waals surface area (Å²) in [6, 6.07) is 0.868. The number of rotatable bonds is 5. The highest BCUT2D eigenvalue weighted by Gasteiger charge is 2.42. The van der Waals surface area contributed by atoms with E-state index in [2.05, 4.69) is 19.2 Å². The van der Waals surface area contributed by atoms with Crippen molar-refractivity contribution < 1.29 is 0 Å². The fraction of sp³-hybridized carbons (Fsp3) is 1.00. The third-order valence-electron chi connectivity index (χ3n) is 4.17. The Morgan fingerprint density at radius 2 is 1.93 bits per heavy atom. The van der Waals surface area contributed by atoms with Crippen LogP contribution in [0, 0.1) is 17.8 Å². The van der Waals surface area contributed by atoms with Crippen molar-refractivity contribution in [2.45, 2.75) is 58.4 Å². The third-order valence-corrected chi connectivity index (χ3v) is 4.17. The van der Waals surface area contributed by atoms with E-state index in [1.165, 1.54) is 45.1 Å². The first kappa shape index (κ1) is 10.5. The van der Waals surface area contributed by atoms with E-state index in [4.69, 9.17) is 0 Å². The van der Waals surface area contributed by atoms with Gasteiger partial charge in [-0.1, -0.05) is 26.7 Å². The van der Waals surface area contributed by atoms with Gasteiger partial charge in [-0.25, -0.2) is 0 Å². The number of hydrogen-bond donors (Lipinski definition) is 1. The molecule has 2 rings (SSSR count). The van der Waals surface area contributed by atoms with Crippen molar-refractivity contribution in [3.63, 3.8) is 0 Å². The summed E-state index contributed by atoms with van der Waals surface area (Å²) in [6.07, 6.45) is 8.71. The predicted octanol–water partition coefficient (Wildman–Crippen LogP) is 3.20. The van der Waals surface area contributed by atoms with Crippen LogP contribution in [0.3, 0.4) is 0 Å². The van der Waals surface area contributed by atoms with Crippen molar-refractivity contribution in [2.75, 3.05) is 6.54 Å². The molecular weight excluding hydrogens is 170 g/mol. The summed E-state index contributed by atoms with van der Waals surface area (Å²) in [6.45, 7) is 5.92. The SMILES string of the molecule is CCCNC(C1CCCC1)C1CC1C. The maximum atomic E-state index is 3.80. The first-order valence-corrected chi connectivity index (χ1v) is 6.56. The summed E-state index contributed by atoms with van der Waals surface area (Å²) in [4.78, 5) is 0. The zero-order valence-corrected chi connectivity index (χ0v) is 9.76.